The van der Waals surface area contributed by atoms with Crippen molar-refractivity contribution < 1.29 is 24.5 Å². The molecule has 0 saturated carbocycles. The molecule has 0 aromatic heterocycles. The molecule has 0 spiro atoms. The Labute approximate surface area is 184 Å². The maximum absolute atomic E-state index is 11.8. The van der Waals surface area contributed by atoms with Gasteiger partial charge in [-0.3, -0.25) is 9.59 Å². The number of esters is 1. The van der Waals surface area contributed by atoms with Crippen LogP contribution in [0.3, 0.4) is 0 Å². The van der Waals surface area contributed by atoms with Gasteiger partial charge in [-0.25, -0.2) is 4.99 Å². The van der Waals surface area contributed by atoms with Gasteiger partial charge in [-0.05, 0) is 62.2 Å². The zero-order valence-corrected chi connectivity index (χ0v) is 18.5. The number of aliphatic hydroxyl groups is 1. The molecule has 1 aromatic rings. The number of nitrogens with zero attached hydrogens (tertiary/aromatic N) is 3. The van der Waals surface area contributed by atoms with Gasteiger partial charge in [-0.1, -0.05) is 0 Å². The molecule has 152 valence electrons. The highest BCUT2D eigenvalue weighted by molar-refractivity contribution is 9.11. The minimum atomic E-state index is -1.38. The van der Waals surface area contributed by atoms with Crippen molar-refractivity contribution in [2.45, 2.75) is 25.9 Å². The molecule has 10 heteroatoms. The minimum Gasteiger partial charge on any atom is -0.506 e. The van der Waals surface area contributed by atoms with Crippen LogP contribution < -0.4 is 0 Å². The third kappa shape index (κ3) is 9.99. The van der Waals surface area contributed by atoms with E-state index in [-0.39, 0.29) is 31.1 Å². The predicted octanol–water partition coefficient (Wildman–Crippen LogP) is 2.53. The molecule has 0 radical (unpaired) electrons. The number of phenolic OH excluding ortho intramolecular Hbond substituents is 1. The molecule has 1 amide bonds. The molecule has 0 saturated heterocycles. The number of hydrogen-bond acceptors (Lipinski definition) is 7. The lowest BCUT2D eigenvalue weighted by molar-refractivity contribution is -0.142. The van der Waals surface area contributed by atoms with Crippen LogP contribution in [-0.2, 0) is 20.7 Å². The smallest absolute Gasteiger partial charge is 0.307 e. The maximum Gasteiger partial charge on any atom is 0.307 e. The van der Waals surface area contributed by atoms with Crippen LogP contribution in [0.25, 0.3) is 0 Å². The molecule has 1 rings (SSSR count). The van der Waals surface area contributed by atoms with Crippen LogP contribution >= 0.6 is 31.9 Å². The summed E-state index contributed by atoms with van der Waals surface area (Å²) in [4.78, 5) is 33.6. The van der Waals surface area contributed by atoms with E-state index >= 15 is 0 Å². The van der Waals surface area contributed by atoms with Gasteiger partial charge in [-0.2, -0.15) is 9.98 Å². The molecule has 2 N–H and O–H groups in total. The van der Waals surface area contributed by atoms with Gasteiger partial charge in [0.2, 0.25) is 0 Å². The summed E-state index contributed by atoms with van der Waals surface area (Å²) in [5, 5.41) is 19.6. The molecule has 0 aliphatic heterocycles. The van der Waals surface area contributed by atoms with Crippen LogP contribution in [0.4, 0.5) is 0 Å². The van der Waals surface area contributed by atoms with Gasteiger partial charge >= 0.3 is 5.97 Å². The Balaban J connectivity index is 2.58. The second-order valence-corrected chi connectivity index (χ2v) is 6.96. The average Bonchev–Trinajstić information content (AvgIpc) is 2.67. The fourth-order valence-corrected chi connectivity index (χ4v) is 3.09. The molecule has 1 atom stereocenters. The molecule has 29 heavy (non-hydrogen) atoms. The van der Waals surface area contributed by atoms with E-state index in [1.54, 1.807) is 19.1 Å². The fourth-order valence-electron chi connectivity index (χ4n) is 1.81. The van der Waals surface area contributed by atoms with Crippen LogP contribution in [-0.4, -0.2) is 59.0 Å². The first-order valence-corrected chi connectivity index (χ1v) is 9.87. The van der Waals surface area contributed by atoms with Crippen molar-refractivity contribution >= 4 is 61.3 Å². The van der Waals surface area contributed by atoms with E-state index in [0.29, 0.717) is 21.1 Å². The summed E-state index contributed by atoms with van der Waals surface area (Å²) < 4.78 is 5.60. The number of phenols is 1. The third-order valence-electron chi connectivity index (χ3n) is 3.08. The van der Waals surface area contributed by atoms with Gasteiger partial charge in [0.25, 0.3) is 5.91 Å². The number of benzene rings is 1. The highest BCUT2D eigenvalue weighted by atomic mass is 79.9. The first-order valence-electron chi connectivity index (χ1n) is 8.28. The number of amides is 1. The number of aliphatic hydroxyl groups excluding tert-OH is 1. The third-order valence-corrected chi connectivity index (χ3v) is 4.29. The number of aromatic hydroxyl groups is 1. The lowest BCUT2D eigenvalue weighted by atomic mass is 10.1. The van der Waals surface area contributed by atoms with E-state index in [2.05, 4.69) is 70.2 Å². The zero-order chi connectivity index (χ0) is 21.6. The molecule has 0 aliphatic carbocycles. The molecule has 0 unspecified atom stereocenters. The number of halogens is 2. The monoisotopic (exact) mass is 525 g/mol. The predicted molar refractivity (Wildman–Crippen MR) is 115 cm³/mol. The van der Waals surface area contributed by atoms with Gasteiger partial charge in [0.05, 0.1) is 46.5 Å². The summed E-state index contributed by atoms with van der Waals surface area (Å²) in [7, 11) is 0. The van der Waals surface area contributed by atoms with Crippen molar-refractivity contribution in [1.82, 2.24) is 0 Å². The van der Waals surface area contributed by atoms with Crippen LogP contribution in [0.5, 0.6) is 5.75 Å². The summed E-state index contributed by atoms with van der Waals surface area (Å²) in [5.41, 5.74) is 3.10. The number of aliphatic imine (C=N–C) groups is 3. The Bertz CT molecular complexity index is 928. The molecular formula is C19H17Br2N3O5. The van der Waals surface area contributed by atoms with E-state index in [1.165, 1.54) is 6.20 Å². The van der Waals surface area contributed by atoms with Crippen LogP contribution in [0.1, 0.15) is 18.9 Å². The highest BCUT2D eigenvalue weighted by Gasteiger charge is 2.16. The molecular weight excluding hydrogens is 510 g/mol. The fraction of sp³-hybridized carbons (Fsp3) is 0.316. The van der Waals surface area contributed by atoms with Crippen molar-refractivity contribution in [3.63, 3.8) is 0 Å². The SMILES string of the molecule is CCOC(=O)CCN=C=C=CN=C=C=NC(=O)[C@H](O)Cc1cc(Br)c(O)c(Br)c1. The van der Waals surface area contributed by atoms with Crippen LogP contribution in [0.2, 0.25) is 0 Å². The topological polar surface area (TPSA) is 121 Å². The number of ether oxygens (including phenoxy) is 1. The van der Waals surface area contributed by atoms with Gasteiger partial charge < -0.3 is 14.9 Å². The average molecular weight is 527 g/mol. The molecule has 0 bridgehead atoms. The number of rotatable bonds is 8. The van der Waals surface area contributed by atoms with Gasteiger partial charge in [-0.15, -0.1) is 0 Å². The minimum absolute atomic E-state index is 0.00351. The Kier molecular flexibility index (Phi) is 11.5. The van der Waals surface area contributed by atoms with Crippen molar-refractivity contribution in [3.8, 4) is 5.75 Å². The van der Waals surface area contributed by atoms with E-state index in [4.69, 9.17) is 4.74 Å². The molecule has 0 heterocycles. The van der Waals surface area contributed by atoms with Crippen molar-refractivity contribution in [3.05, 3.63) is 38.6 Å². The Morgan fingerprint density at radius 3 is 2.59 bits per heavy atom. The first-order chi connectivity index (χ1) is 13.8. The highest BCUT2D eigenvalue weighted by Crippen LogP contribution is 2.33. The van der Waals surface area contributed by atoms with Crippen molar-refractivity contribution in [2.24, 2.45) is 15.0 Å². The zero-order valence-electron chi connectivity index (χ0n) is 15.4. The summed E-state index contributed by atoms with van der Waals surface area (Å²) in [6.45, 7) is 2.27. The molecule has 0 aliphatic rings. The van der Waals surface area contributed by atoms with Crippen LogP contribution in [0, 0.1) is 0 Å². The Morgan fingerprint density at radius 1 is 1.24 bits per heavy atom. The second kappa shape index (κ2) is 13.6. The quantitative estimate of drug-likeness (QED) is 0.306. The first kappa shape index (κ1) is 24.5. The Morgan fingerprint density at radius 2 is 1.93 bits per heavy atom. The number of carbonyl (C=O) groups excluding carboxylic acids is 2. The second-order valence-electron chi connectivity index (χ2n) is 5.25. The molecule has 1 aromatic carbocycles. The van der Waals surface area contributed by atoms with E-state index in [1.807, 2.05) is 0 Å². The standard InChI is InChI=1S/C19H17Br2N3O5/c1-2-29-17(26)4-7-22-5-3-6-23-8-9-24-19(28)16(25)12-13-10-14(20)18(27)15(21)11-13/h6,10-11,16,25,27H,2,4,7,12H2,1H3/t16-/m1/s1. The lowest BCUT2D eigenvalue weighted by Crippen LogP contribution is -2.20. The van der Waals surface area contributed by atoms with Gasteiger partial charge in [0, 0.05) is 12.3 Å². The van der Waals surface area contributed by atoms with Crippen LogP contribution in [0.15, 0.2) is 48.0 Å². The largest absolute Gasteiger partial charge is 0.506 e. The summed E-state index contributed by atoms with van der Waals surface area (Å²) in [6, 6.07) is 3.17. The van der Waals surface area contributed by atoms with Gasteiger partial charge in [0.15, 0.2) is 0 Å². The molecule has 0 fully saturated rings. The summed E-state index contributed by atoms with van der Waals surface area (Å²) in [6.07, 6.45) is -0.0534. The normalized spacial score (nSPS) is 10.3. The maximum atomic E-state index is 11.8. The van der Waals surface area contributed by atoms with Crippen molar-refractivity contribution in [1.29, 1.82) is 0 Å². The lowest BCUT2D eigenvalue weighted by Gasteiger charge is -2.08. The number of hydrogen-bond donors (Lipinski definition) is 2. The number of carbonyl (C=O) groups is 2. The Hall–Kier alpha value is -2.53. The van der Waals surface area contributed by atoms with Crippen molar-refractivity contribution in [2.75, 3.05) is 13.2 Å². The van der Waals surface area contributed by atoms with E-state index < -0.39 is 12.0 Å². The molecule has 8 nitrogen and oxygen atoms in total. The summed E-state index contributed by atoms with van der Waals surface area (Å²) in [5.74, 6) is 5.71. The van der Waals surface area contributed by atoms with E-state index in [9.17, 15) is 19.8 Å². The summed E-state index contributed by atoms with van der Waals surface area (Å²) >= 11 is 6.35. The van der Waals surface area contributed by atoms with E-state index in [0.717, 1.165) is 0 Å². The van der Waals surface area contributed by atoms with Gasteiger partial charge in [0.1, 0.15) is 11.9 Å².